The molecule has 4 rings (SSSR count). The van der Waals surface area contributed by atoms with Crippen molar-refractivity contribution >= 4 is 21.7 Å². The molecule has 4 heteroatoms. The van der Waals surface area contributed by atoms with Gasteiger partial charge in [0.1, 0.15) is 16.2 Å². The van der Waals surface area contributed by atoms with E-state index in [0.29, 0.717) is 5.92 Å². The van der Waals surface area contributed by atoms with Crippen molar-refractivity contribution in [2.75, 3.05) is 0 Å². The second kappa shape index (κ2) is 4.10. The average Bonchev–Trinajstić information content (AvgIpc) is 3.17. The maximum atomic E-state index is 13.0. The summed E-state index contributed by atoms with van der Waals surface area (Å²) in [7, 11) is 0. The third-order valence-corrected chi connectivity index (χ3v) is 4.20. The summed E-state index contributed by atoms with van der Waals surface area (Å²) < 4.78 is 13.0. The number of halogens is 1. The Bertz CT molecular complexity index is 744. The van der Waals surface area contributed by atoms with E-state index < -0.39 is 0 Å². The molecule has 2 nitrogen and oxygen atoms in total. The zero-order chi connectivity index (χ0) is 12.8. The molecule has 0 amide bonds. The second-order valence-corrected chi connectivity index (χ2v) is 5.72. The minimum Gasteiger partial charge on any atom is -0.242 e. The fourth-order valence-electron chi connectivity index (χ4n) is 2.31. The first-order valence-corrected chi connectivity index (χ1v) is 7.19. The number of aromatic nitrogens is 2. The Morgan fingerprint density at radius 1 is 1.16 bits per heavy atom. The zero-order valence-electron chi connectivity index (χ0n) is 10.1. The number of fused-ring (bicyclic) bond motifs is 1. The van der Waals surface area contributed by atoms with Gasteiger partial charge in [-0.25, -0.2) is 14.4 Å². The molecule has 3 aromatic rings. The molecule has 2 heterocycles. The molecule has 1 aliphatic rings. The number of benzene rings is 1. The van der Waals surface area contributed by atoms with Crippen molar-refractivity contribution in [2.24, 2.45) is 0 Å². The van der Waals surface area contributed by atoms with E-state index in [9.17, 15) is 4.39 Å². The van der Waals surface area contributed by atoms with Gasteiger partial charge >= 0.3 is 0 Å². The van der Waals surface area contributed by atoms with Gasteiger partial charge in [0.2, 0.25) is 0 Å². The predicted molar refractivity (Wildman–Crippen MR) is 74.8 cm³/mol. The van der Waals surface area contributed by atoms with Crippen LogP contribution in [0.25, 0.3) is 21.5 Å². The van der Waals surface area contributed by atoms with Crippen LogP contribution >= 0.6 is 11.3 Å². The van der Waals surface area contributed by atoms with Gasteiger partial charge < -0.3 is 0 Å². The van der Waals surface area contributed by atoms with E-state index in [2.05, 4.69) is 16.0 Å². The number of rotatable bonds is 2. The van der Waals surface area contributed by atoms with Crippen LogP contribution in [0.5, 0.6) is 0 Å². The topological polar surface area (TPSA) is 25.8 Å². The summed E-state index contributed by atoms with van der Waals surface area (Å²) in [6.45, 7) is 0. The Morgan fingerprint density at radius 3 is 2.68 bits per heavy atom. The third-order valence-electron chi connectivity index (χ3n) is 3.48. The fourth-order valence-corrected chi connectivity index (χ4v) is 3.00. The molecule has 0 unspecified atom stereocenters. The molecule has 0 saturated heterocycles. The van der Waals surface area contributed by atoms with Crippen LogP contribution in [0.15, 0.2) is 35.8 Å². The van der Waals surface area contributed by atoms with Crippen molar-refractivity contribution < 1.29 is 4.39 Å². The molecule has 2 aromatic heterocycles. The molecule has 0 radical (unpaired) electrons. The SMILES string of the molecule is Fc1ccc(-c2cc(C3CC3)nc3scnc23)cc1. The normalized spacial score (nSPS) is 15.0. The summed E-state index contributed by atoms with van der Waals surface area (Å²) in [5.74, 6) is 0.389. The van der Waals surface area contributed by atoms with Gasteiger partial charge in [-0.05, 0) is 36.6 Å². The Balaban J connectivity index is 1.95. The molecule has 19 heavy (non-hydrogen) atoms. The summed E-state index contributed by atoms with van der Waals surface area (Å²) >= 11 is 1.56. The van der Waals surface area contributed by atoms with E-state index in [1.54, 1.807) is 23.5 Å². The van der Waals surface area contributed by atoms with E-state index in [1.165, 1.54) is 25.0 Å². The van der Waals surface area contributed by atoms with Gasteiger partial charge in [-0.3, -0.25) is 0 Å². The second-order valence-electron chi connectivity index (χ2n) is 4.88. The number of nitrogens with zero attached hydrogens (tertiary/aromatic N) is 2. The summed E-state index contributed by atoms with van der Waals surface area (Å²) in [5.41, 5.74) is 5.95. The van der Waals surface area contributed by atoms with Crippen LogP contribution in [-0.2, 0) is 0 Å². The number of thiazole rings is 1. The van der Waals surface area contributed by atoms with Gasteiger partial charge in [0, 0.05) is 17.2 Å². The predicted octanol–water partition coefficient (Wildman–Crippen LogP) is 4.37. The Hall–Kier alpha value is -1.81. The molecule has 1 saturated carbocycles. The Morgan fingerprint density at radius 2 is 1.95 bits per heavy atom. The van der Waals surface area contributed by atoms with Crippen LogP contribution in [0.4, 0.5) is 4.39 Å². The van der Waals surface area contributed by atoms with Crippen LogP contribution in [0.3, 0.4) is 0 Å². The summed E-state index contributed by atoms with van der Waals surface area (Å²) in [6.07, 6.45) is 2.44. The number of pyridine rings is 1. The lowest BCUT2D eigenvalue weighted by atomic mass is 10.0. The number of hydrogen-bond donors (Lipinski definition) is 0. The van der Waals surface area contributed by atoms with E-state index in [-0.39, 0.29) is 5.82 Å². The van der Waals surface area contributed by atoms with E-state index >= 15 is 0 Å². The van der Waals surface area contributed by atoms with Crippen molar-refractivity contribution in [2.45, 2.75) is 18.8 Å². The van der Waals surface area contributed by atoms with E-state index in [4.69, 9.17) is 0 Å². The molecule has 1 aromatic carbocycles. The molecule has 0 N–H and O–H groups in total. The van der Waals surface area contributed by atoms with Gasteiger partial charge in [0.15, 0.2) is 0 Å². The van der Waals surface area contributed by atoms with Crippen molar-refractivity contribution in [1.82, 2.24) is 9.97 Å². The monoisotopic (exact) mass is 270 g/mol. The fraction of sp³-hybridized carbons (Fsp3) is 0.200. The third kappa shape index (κ3) is 1.92. The van der Waals surface area contributed by atoms with Crippen molar-refractivity contribution in [3.63, 3.8) is 0 Å². The highest BCUT2D eigenvalue weighted by molar-refractivity contribution is 7.16. The summed E-state index contributed by atoms with van der Waals surface area (Å²) in [4.78, 5) is 10.1. The maximum absolute atomic E-state index is 13.0. The molecule has 1 fully saturated rings. The lowest BCUT2D eigenvalue weighted by molar-refractivity contribution is 0.628. The highest BCUT2D eigenvalue weighted by Gasteiger charge is 2.26. The summed E-state index contributed by atoms with van der Waals surface area (Å²) in [6, 6.07) is 8.71. The Kier molecular flexibility index (Phi) is 2.38. The molecular formula is C15H11FN2S. The van der Waals surface area contributed by atoms with Crippen LogP contribution in [0.2, 0.25) is 0 Å². The molecule has 0 aliphatic heterocycles. The van der Waals surface area contributed by atoms with Crippen LogP contribution < -0.4 is 0 Å². The van der Waals surface area contributed by atoms with Crippen LogP contribution in [0, 0.1) is 5.82 Å². The first-order chi connectivity index (χ1) is 9.31. The average molecular weight is 270 g/mol. The molecular weight excluding hydrogens is 259 g/mol. The first kappa shape index (κ1) is 11.1. The standard InChI is InChI=1S/C15H11FN2S/c16-11-5-3-9(4-6-11)12-7-13(10-1-2-10)18-15-14(12)17-8-19-15/h3-8,10H,1-2H2. The van der Waals surface area contributed by atoms with Gasteiger partial charge in [0.25, 0.3) is 0 Å². The van der Waals surface area contributed by atoms with Gasteiger partial charge in [0.05, 0.1) is 5.51 Å². The highest BCUT2D eigenvalue weighted by Crippen LogP contribution is 2.42. The molecule has 0 bridgehead atoms. The first-order valence-electron chi connectivity index (χ1n) is 6.31. The molecule has 94 valence electrons. The Labute approximate surface area is 114 Å². The highest BCUT2D eigenvalue weighted by atomic mass is 32.1. The zero-order valence-corrected chi connectivity index (χ0v) is 11.0. The lowest BCUT2D eigenvalue weighted by Gasteiger charge is -2.06. The van der Waals surface area contributed by atoms with Gasteiger partial charge in [-0.15, -0.1) is 11.3 Å². The van der Waals surface area contributed by atoms with E-state index in [0.717, 1.165) is 27.2 Å². The molecule has 0 atom stereocenters. The molecule has 0 spiro atoms. The van der Waals surface area contributed by atoms with Gasteiger partial charge in [-0.1, -0.05) is 12.1 Å². The molecule has 1 aliphatic carbocycles. The maximum Gasteiger partial charge on any atom is 0.144 e. The van der Waals surface area contributed by atoms with Crippen molar-refractivity contribution in [1.29, 1.82) is 0 Å². The minimum atomic E-state index is -0.213. The van der Waals surface area contributed by atoms with Crippen molar-refractivity contribution in [3.8, 4) is 11.1 Å². The largest absolute Gasteiger partial charge is 0.242 e. The minimum absolute atomic E-state index is 0.213. The van der Waals surface area contributed by atoms with Crippen LogP contribution in [0.1, 0.15) is 24.5 Å². The van der Waals surface area contributed by atoms with Crippen LogP contribution in [-0.4, -0.2) is 9.97 Å². The summed E-state index contributed by atoms with van der Waals surface area (Å²) in [5, 5.41) is 0. The quantitative estimate of drug-likeness (QED) is 0.690. The lowest BCUT2D eigenvalue weighted by Crippen LogP contribution is -1.90. The smallest absolute Gasteiger partial charge is 0.144 e. The number of hydrogen-bond acceptors (Lipinski definition) is 3. The van der Waals surface area contributed by atoms with E-state index in [1.807, 2.05) is 5.51 Å². The van der Waals surface area contributed by atoms with Crippen molar-refractivity contribution in [3.05, 3.63) is 47.4 Å². The van der Waals surface area contributed by atoms with Gasteiger partial charge in [-0.2, -0.15) is 0 Å².